The lowest BCUT2D eigenvalue weighted by Gasteiger charge is -2.29. The first-order valence-electron chi connectivity index (χ1n) is 6.78. The second kappa shape index (κ2) is 5.49. The molecule has 0 spiro atoms. The van der Waals surface area contributed by atoms with E-state index in [1.807, 2.05) is 11.3 Å². The zero-order valence-corrected chi connectivity index (χ0v) is 12.0. The molecule has 2 N–H and O–H groups in total. The van der Waals surface area contributed by atoms with E-state index in [0.29, 0.717) is 12.5 Å². The van der Waals surface area contributed by atoms with Crippen molar-refractivity contribution in [2.24, 2.45) is 17.6 Å². The summed E-state index contributed by atoms with van der Waals surface area (Å²) in [5.74, 6) is 2.48. The first kappa shape index (κ1) is 13.0. The van der Waals surface area contributed by atoms with Crippen LogP contribution >= 0.6 is 11.3 Å². The number of rotatable bonds is 3. The average Bonchev–Trinajstić information content (AvgIpc) is 2.70. The number of hydrogen-bond donors (Lipinski definition) is 1. The molecule has 0 radical (unpaired) electrons. The van der Waals surface area contributed by atoms with Crippen molar-refractivity contribution in [2.75, 3.05) is 0 Å². The van der Waals surface area contributed by atoms with Crippen molar-refractivity contribution in [1.82, 2.24) is 4.98 Å². The minimum absolute atomic E-state index is 0.644. The van der Waals surface area contributed by atoms with Crippen LogP contribution in [0, 0.1) is 18.8 Å². The van der Waals surface area contributed by atoms with Crippen molar-refractivity contribution in [3.05, 3.63) is 15.6 Å². The van der Waals surface area contributed by atoms with Crippen molar-refractivity contribution < 1.29 is 0 Å². The van der Waals surface area contributed by atoms with Crippen LogP contribution in [0.15, 0.2) is 0 Å². The van der Waals surface area contributed by atoms with Gasteiger partial charge >= 0.3 is 0 Å². The summed E-state index contributed by atoms with van der Waals surface area (Å²) in [6, 6.07) is 0. The highest BCUT2D eigenvalue weighted by Crippen LogP contribution is 2.40. The molecule has 0 amide bonds. The Bertz CT molecular complexity index is 362. The van der Waals surface area contributed by atoms with E-state index in [-0.39, 0.29) is 0 Å². The molecule has 17 heavy (non-hydrogen) atoms. The highest BCUT2D eigenvalue weighted by molar-refractivity contribution is 7.11. The van der Waals surface area contributed by atoms with Crippen LogP contribution in [0.2, 0.25) is 0 Å². The molecule has 0 unspecified atom stereocenters. The topological polar surface area (TPSA) is 38.9 Å². The molecule has 2 nitrogen and oxygen atoms in total. The summed E-state index contributed by atoms with van der Waals surface area (Å²) in [5, 5.41) is 1.34. The van der Waals surface area contributed by atoms with Gasteiger partial charge in [0, 0.05) is 17.3 Å². The lowest BCUT2D eigenvalue weighted by molar-refractivity contribution is 0.258. The third-order valence-corrected chi connectivity index (χ3v) is 5.50. The van der Waals surface area contributed by atoms with Crippen molar-refractivity contribution in [2.45, 2.75) is 58.9 Å². The molecule has 1 aliphatic rings. The van der Waals surface area contributed by atoms with E-state index in [1.54, 1.807) is 0 Å². The summed E-state index contributed by atoms with van der Waals surface area (Å²) in [4.78, 5) is 5.98. The molecule has 1 aliphatic carbocycles. The smallest absolute Gasteiger partial charge is 0.0962 e. The van der Waals surface area contributed by atoms with Gasteiger partial charge in [-0.3, -0.25) is 0 Å². The standard InChI is InChI=1S/C14H24N2S/c1-9(2)11-4-6-12(7-5-11)14-16-10(3)13(8-15)17-14/h9,11-12H,4-8,15H2,1-3H3. The molecule has 0 bridgehead atoms. The maximum atomic E-state index is 5.73. The van der Waals surface area contributed by atoms with E-state index in [9.17, 15) is 0 Å². The summed E-state index contributed by atoms with van der Waals surface area (Å²) in [6.45, 7) is 7.43. The summed E-state index contributed by atoms with van der Waals surface area (Å²) < 4.78 is 0. The fraction of sp³-hybridized carbons (Fsp3) is 0.786. The number of aryl methyl sites for hydroxylation is 1. The van der Waals surface area contributed by atoms with Crippen LogP contribution in [-0.4, -0.2) is 4.98 Å². The Kier molecular flexibility index (Phi) is 4.21. The predicted octanol–water partition coefficient (Wildman–Crippen LogP) is 3.84. The molecule has 1 heterocycles. The number of nitrogens with two attached hydrogens (primary N) is 1. The van der Waals surface area contributed by atoms with Gasteiger partial charge in [-0.1, -0.05) is 13.8 Å². The summed E-state index contributed by atoms with van der Waals surface area (Å²) in [6.07, 6.45) is 5.39. The molecular weight excluding hydrogens is 228 g/mol. The number of hydrogen-bond acceptors (Lipinski definition) is 3. The van der Waals surface area contributed by atoms with E-state index < -0.39 is 0 Å². The van der Waals surface area contributed by atoms with Crippen molar-refractivity contribution >= 4 is 11.3 Å². The zero-order valence-electron chi connectivity index (χ0n) is 11.2. The monoisotopic (exact) mass is 252 g/mol. The third kappa shape index (κ3) is 2.89. The van der Waals surface area contributed by atoms with E-state index in [2.05, 4.69) is 20.8 Å². The molecule has 2 rings (SSSR count). The molecule has 0 aromatic carbocycles. The lowest BCUT2D eigenvalue weighted by atomic mass is 9.77. The normalized spacial score (nSPS) is 25.5. The SMILES string of the molecule is Cc1nc(C2CCC(C(C)C)CC2)sc1CN. The highest BCUT2D eigenvalue weighted by atomic mass is 32.1. The highest BCUT2D eigenvalue weighted by Gasteiger charge is 2.26. The lowest BCUT2D eigenvalue weighted by Crippen LogP contribution is -2.17. The fourth-order valence-corrected chi connectivity index (χ4v) is 3.96. The zero-order chi connectivity index (χ0) is 12.4. The van der Waals surface area contributed by atoms with E-state index in [1.165, 1.54) is 35.6 Å². The molecule has 96 valence electrons. The van der Waals surface area contributed by atoms with Gasteiger partial charge in [0.2, 0.25) is 0 Å². The van der Waals surface area contributed by atoms with Crippen LogP contribution in [-0.2, 0) is 6.54 Å². The third-order valence-electron chi connectivity index (χ3n) is 4.16. The van der Waals surface area contributed by atoms with Crippen LogP contribution in [0.5, 0.6) is 0 Å². The Balaban J connectivity index is 2.00. The van der Waals surface area contributed by atoms with E-state index >= 15 is 0 Å². The minimum atomic E-state index is 0.644. The maximum Gasteiger partial charge on any atom is 0.0962 e. The molecular formula is C14H24N2S. The first-order chi connectivity index (χ1) is 8.11. The maximum absolute atomic E-state index is 5.73. The summed E-state index contributed by atoms with van der Waals surface area (Å²) in [5.41, 5.74) is 6.88. The second-order valence-corrected chi connectivity index (χ2v) is 6.74. The number of nitrogens with zero attached hydrogens (tertiary/aromatic N) is 1. The number of aromatic nitrogens is 1. The molecule has 1 aromatic heterocycles. The Morgan fingerprint density at radius 1 is 1.29 bits per heavy atom. The number of thiazole rings is 1. The van der Waals surface area contributed by atoms with Crippen molar-refractivity contribution in [1.29, 1.82) is 0 Å². The molecule has 1 saturated carbocycles. The van der Waals surface area contributed by atoms with Gasteiger partial charge in [-0.2, -0.15) is 0 Å². The molecule has 0 atom stereocenters. The van der Waals surface area contributed by atoms with Gasteiger partial charge < -0.3 is 5.73 Å². The Hall–Kier alpha value is -0.410. The van der Waals surface area contributed by atoms with Crippen LogP contribution in [0.25, 0.3) is 0 Å². The van der Waals surface area contributed by atoms with Crippen LogP contribution < -0.4 is 5.73 Å². The van der Waals surface area contributed by atoms with Gasteiger partial charge in [0.05, 0.1) is 10.7 Å². The van der Waals surface area contributed by atoms with Crippen LogP contribution in [0.3, 0.4) is 0 Å². The minimum Gasteiger partial charge on any atom is -0.326 e. The van der Waals surface area contributed by atoms with Gasteiger partial charge in [0.15, 0.2) is 0 Å². The van der Waals surface area contributed by atoms with E-state index in [0.717, 1.165) is 17.5 Å². The van der Waals surface area contributed by atoms with Gasteiger partial charge in [-0.25, -0.2) is 4.98 Å². The van der Waals surface area contributed by atoms with Crippen molar-refractivity contribution in [3.63, 3.8) is 0 Å². The molecule has 0 saturated heterocycles. The average molecular weight is 252 g/mol. The molecule has 1 fully saturated rings. The van der Waals surface area contributed by atoms with Crippen LogP contribution in [0.1, 0.15) is 61.0 Å². The summed E-state index contributed by atoms with van der Waals surface area (Å²) in [7, 11) is 0. The first-order valence-corrected chi connectivity index (χ1v) is 7.59. The van der Waals surface area contributed by atoms with Gasteiger partial charge in [-0.05, 0) is 44.4 Å². The quantitative estimate of drug-likeness (QED) is 0.887. The second-order valence-electron chi connectivity index (χ2n) is 5.62. The van der Waals surface area contributed by atoms with Crippen molar-refractivity contribution in [3.8, 4) is 0 Å². The Morgan fingerprint density at radius 3 is 2.41 bits per heavy atom. The summed E-state index contributed by atoms with van der Waals surface area (Å²) >= 11 is 1.84. The largest absolute Gasteiger partial charge is 0.326 e. The Morgan fingerprint density at radius 2 is 1.94 bits per heavy atom. The van der Waals surface area contributed by atoms with E-state index in [4.69, 9.17) is 10.7 Å². The van der Waals surface area contributed by atoms with Gasteiger partial charge in [-0.15, -0.1) is 11.3 Å². The molecule has 3 heteroatoms. The van der Waals surface area contributed by atoms with Gasteiger partial charge in [0.25, 0.3) is 0 Å². The van der Waals surface area contributed by atoms with Gasteiger partial charge in [0.1, 0.15) is 0 Å². The Labute approximate surface area is 109 Å². The van der Waals surface area contributed by atoms with Crippen LogP contribution in [0.4, 0.5) is 0 Å². The fourth-order valence-electron chi connectivity index (χ4n) is 2.85. The molecule has 1 aromatic rings. The predicted molar refractivity (Wildman–Crippen MR) is 74.3 cm³/mol. The molecule has 0 aliphatic heterocycles.